The van der Waals surface area contributed by atoms with E-state index in [1.54, 1.807) is 6.20 Å². The molecule has 2 aromatic carbocycles. The highest BCUT2D eigenvalue weighted by atomic mass is 16.6. The second-order valence-corrected chi connectivity index (χ2v) is 8.71. The summed E-state index contributed by atoms with van der Waals surface area (Å²) in [6.45, 7) is 5.21. The number of benzene rings is 2. The van der Waals surface area contributed by atoms with Gasteiger partial charge in [-0.3, -0.25) is 4.79 Å². The van der Waals surface area contributed by atoms with Gasteiger partial charge in [0.2, 0.25) is 11.9 Å². The molecule has 0 saturated carbocycles. The highest BCUT2D eigenvalue weighted by Crippen LogP contribution is 2.33. The fourth-order valence-electron chi connectivity index (χ4n) is 4.27. The molecular weight excluding hydrogens is 430 g/mol. The molecule has 1 aromatic heterocycles. The van der Waals surface area contributed by atoms with Crippen molar-refractivity contribution >= 4 is 23.4 Å². The summed E-state index contributed by atoms with van der Waals surface area (Å²) in [7, 11) is 0. The topological polar surface area (TPSA) is 88.6 Å². The highest BCUT2D eigenvalue weighted by molar-refractivity contribution is 5.79. The minimum atomic E-state index is -0.0663. The molecule has 2 aliphatic heterocycles. The van der Waals surface area contributed by atoms with Gasteiger partial charge in [-0.2, -0.15) is 4.98 Å². The number of hydrogen-bond acceptors (Lipinski definition) is 7. The molecule has 5 rings (SSSR count). The van der Waals surface area contributed by atoms with Gasteiger partial charge in [-0.25, -0.2) is 4.98 Å². The van der Waals surface area contributed by atoms with Crippen molar-refractivity contribution in [2.45, 2.75) is 26.3 Å². The Hall–Kier alpha value is -3.81. The van der Waals surface area contributed by atoms with Crippen LogP contribution in [-0.4, -0.2) is 42.2 Å². The fraction of sp³-hybridized carbons (Fsp3) is 0.346. The first-order valence-electron chi connectivity index (χ1n) is 11.7. The molecule has 0 spiro atoms. The second kappa shape index (κ2) is 9.99. The molecule has 1 saturated heterocycles. The lowest BCUT2D eigenvalue weighted by atomic mass is 9.97. The lowest BCUT2D eigenvalue weighted by Crippen LogP contribution is -2.43. The maximum Gasteiger partial charge on any atom is 0.229 e. The van der Waals surface area contributed by atoms with Gasteiger partial charge in [-0.15, -0.1) is 0 Å². The number of aromatic nitrogens is 2. The van der Waals surface area contributed by atoms with Crippen molar-refractivity contribution in [3.63, 3.8) is 0 Å². The van der Waals surface area contributed by atoms with Crippen molar-refractivity contribution in [2.75, 3.05) is 36.5 Å². The number of rotatable bonds is 6. The van der Waals surface area contributed by atoms with E-state index in [-0.39, 0.29) is 11.8 Å². The van der Waals surface area contributed by atoms with Crippen LogP contribution >= 0.6 is 0 Å². The second-order valence-electron chi connectivity index (χ2n) is 8.71. The third-order valence-electron chi connectivity index (χ3n) is 6.14. The van der Waals surface area contributed by atoms with Crippen molar-refractivity contribution in [3.8, 4) is 11.5 Å². The zero-order chi connectivity index (χ0) is 23.3. The maximum absolute atomic E-state index is 12.8. The molecule has 8 heteroatoms. The Morgan fingerprint density at radius 2 is 1.91 bits per heavy atom. The van der Waals surface area contributed by atoms with Crippen molar-refractivity contribution in [1.82, 2.24) is 15.3 Å². The van der Waals surface area contributed by atoms with Gasteiger partial charge in [0.25, 0.3) is 0 Å². The van der Waals surface area contributed by atoms with Crippen molar-refractivity contribution in [3.05, 3.63) is 65.9 Å². The van der Waals surface area contributed by atoms with Gasteiger partial charge in [0.1, 0.15) is 19.0 Å². The summed E-state index contributed by atoms with van der Waals surface area (Å²) in [5.41, 5.74) is 3.15. The van der Waals surface area contributed by atoms with E-state index in [0.717, 1.165) is 42.2 Å². The molecular formula is C26H29N5O3. The van der Waals surface area contributed by atoms with Crippen LogP contribution in [-0.2, 0) is 11.3 Å². The van der Waals surface area contributed by atoms with E-state index in [9.17, 15) is 4.79 Å². The minimum absolute atomic E-state index is 0.0663. The van der Waals surface area contributed by atoms with Crippen molar-refractivity contribution in [2.24, 2.45) is 5.92 Å². The summed E-state index contributed by atoms with van der Waals surface area (Å²) in [5.74, 6) is 2.79. The first kappa shape index (κ1) is 22.0. The SMILES string of the molecule is Cc1ccc(CNC(=O)[C@H]2CCCN(c3ccnc(Nc4ccc5c(c4)OCCO5)n3)C2)cc1. The molecule has 1 fully saturated rings. The Kier molecular flexibility index (Phi) is 6.46. The predicted molar refractivity (Wildman–Crippen MR) is 131 cm³/mol. The molecule has 0 radical (unpaired) electrons. The summed E-state index contributed by atoms with van der Waals surface area (Å²) in [5, 5.41) is 6.34. The van der Waals surface area contributed by atoms with Gasteiger partial charge in [0.05, 0.1) is 5.92 Å². The number of amides is 1. The number of carbonyl (C=O) groups excluding carboxylic acids is 1. The molecule has 3 aromatic rings. The minimum Gasteiger partial charge on any atom is -0.486 e. The van der Waals surface area contributed by atoms with Crippen LogP contribution in [0.15, 0.2) is 54.7 Å². The maximum atomic E-state index is 12.8. The first-order chi connectivity index (χ1) is 16.6. The van der Waals surface area contributed by atoms with Crippen LogP contribution < -0.4 is 25.0 Å². The lowest BCUT2D eigenvalue weighted by molar-refractivity contribution is -0.125. The molecule has 2 aliphatic rings. The van der Waals surface area contributed by atoms with Crippen LogP contribution in [0.5, 0.6) is 11.5 Å². The number of anilines is 3. The van der Waals surface area contributed by atoms with Gasteiger partial charge < -0.3 is 25.0 Å². The standard InChI is InChI=1S/C26H29N5O3/c1-18-4-6-19(7-5-18)16-28-25(32)20-3-2-12-31(17-20)24-10-11-27-26(30-24)29-21-8-9-22-23(15-21)34-14-13-33-22/h4-11,15,20H,2-3,12-14,16-17H2,1H3,(H,28,32)(H,27,29,30)/t20-/m0/s1. The van der Waals surface area contributed by atoms with Gasteiger partial charge in [0, 0.05) is 37.6 Å². The van der Waals surface area contributed by atoms with E-state index in [1.807, 2.05) is 24.3 Å². The Balaban J connectivity index is 1.21. The summed E-state index contributed by atoms with van der Waals surface area (Å²) < 4.78 is 11.2. The number of piperidine rings is 1. The Bertz CT molecular complexity index is 1150. The summed E-state index contributed by atoms with van der Waals surface area (Å²) in [6.07, 6.45) is 3.56. The predicted octanol–water partition coefficient (Wildman–Crippen LogP) is 3.83. The third-order valence-corrected chi connectivity index (χ3v) is 6.14. The molecule has 1 atom stereocenters. The van der Waals surface area contributed by atoms with Crippen LogP contribution in [0.3, 0.4) is 0 Å². The number of hydrogen-bond donors (Lipinski definition) is 2. The van der Waals surface area contributed by atoms with E-state index in [2.05, 4.69) is 51.7 Å². The number of fused-ring (bicyclic) bond motifs is 1. The van der Waals surface area contributed by atoms with Crippen LogP contribution in [0.1, 0.15) is 24.0 Å². The molecule has 0 bridgehead atoms. The van der Waals surface area contributed by atoms with E-state index < -0.39 is 0 Å². The molecule has 34 heavy (non-hydrogen) atoms. The largest absolute Gasteiger partial charge is 0.486 e. The van der Waals surface area contributed by atoms with Crippen molar-refractivity contribution < 1.29 is 14.3 Å². The zero-order valence-corrected chi connectivity index (χ0v) is 19.3. The lowest BCUT2D eigenvalue weighted by Gasteiger charge is -2.33. The van der Waals surface area contributed by atoms with Crippen molar-refractivity contribution in [1.29, 1.82) is 0 Å². The number of carbonyl (C=O) groups is 1. The van der Waals surface area contributed by atoms with E-state index >= 15 is 0 Å². The summed E-state index contributed by atoms with van der Waals surface area (Å²) in [4.78, 5) is 24.1. The number of aryl methyl sites for hydroxylation is 1. The quantitative estimate of drug-likeness (QED) is 0.579. The van der Waals surface area contributed by atoms with Gasteiger partial charge in [0.15, 0.2) is 11.5 Å². The van der Waals surface area contributed by atoms with Gasteiger partial charge in [-0.1, -0.05) is 29.8 Å². The van der Waals surface area contributed by atoms with E-state index in [4.69, 9.17) is 14.5 Å². The van der Waals surface area contributed by atoms with Gasteiger partial charge >= 0.3 is 0 Å². The number of ether oxygens (including phenoxy) is 2. The summed E-state index contributed by atoms with van der Waals surface area (Å²) >= 11 is 0. The third kappa shape index (κ3) is 5.22. The molecule has 8 nitrogen and oxygen atoms in total. The van der Waals surface area contributed by atoms with Crippen LogP contribution in [0.25, 0.3) is 0 Å². The van der Waals surface area contributed by atoms with E-state index in [1.165, 1.54) is 5.56 Å². The van der Waals surface area contributed by atoms with Crippen LogP contribution in [0.4, 0.5) is 17.5 Å². The molecule has 0 unspecified atom stereocenters. The van der Waals surface area contributed by atoms with Crippen LogP contribution in [0.2, 0.25) is 0 Å². The summed E-state index contributed by atoms with van der Waals surface area (Å²) in [6, 6.07) is 15.8. The molecule has 176 valence electrons. The Morgan fingerprint density at radius 3 is 2.76 bits per heavy atom. The number of nitrogens with zero attached hydrogens (tertiary/aromatic N) is 3. The zero-order valence-electron chi connectivity index (χ0n) is 19.3. The molecule has 1 amide bonds. The Labute approximate surface area is 199 Å². The van der Waals surface area contributed by atoms with Crippen LogP contribution in [0, 0.1) is 12.8 Å². The monoisotopic (exact) mass is 459 g/mol. The molecule has 3 heterocycles. The highest BCUT2D eigenvalue weighted by Gasteiger charge is 2.26. The van der Waals surface area contributed by atoms with E-state index in [0.29, 0.717) is 38.0 Å². The Morgan fingerprint density at radius 1 is 1.09 bits per heavy atom. The average Bonchev–Trinajstić information content (AvgIpc) is 2.88. The fourth-order valence-corrected chi connectivity index (χ4v) is 4.27. The first-order valence-corrected chi connectivity index (χ1v) is 11.7. The normalized spacial score (nSPS) is 17.2. The van der Waals surface area contributed by atoms with Gasteiger partial charge in [-0.05, 0) is 43.5 Å². The number of nitrogens with one attached hydrogen (secondary N) is 2. The molecule has 0 aliphatic carbocycles. The average molecular weight is 460 g/mol. The molecule has 2 N–H and O–H groups in total. The smallest absolute Gasteiger partial charge is 0.229 e.